The Morgan fingerprint density at radius 2 is 1.90 bits per heavy atom. The van der Waals surface area contributed by atoms with Gasteiger partial charge in [0.1, 0.15) is 5.82 Å². The van der Waals surface area contributed by atoms with E-state index in [0.29, 0.717) is 12.2 Å². The Morgan fingerprint density at radius 3 is 2.52 bits per heavy atom. The molecule has 2 aromatic carbocycles. The van der Waals surface area contributed by atoms with Gasteiger partial charge in [0.05, 0.1) is 5.69 Å². The molecule has 1 N–H and O–H groups in total. The molecule has 0 unspecified atom stereocenters. The quantitative estimate of drug-likeness (QED) is 0.800. The molecule has 0 aromatic heterocycles. The molecule has 0 heterocycles. The van der Waals surface area contributed by atoms with Gasteiger partial charge in [0.2, 0.25) is 0 Å². The van der Waals surface area contributed by atoms with Crippen LogP contribution in [0.15, 0.2) is 46.9 Å². The Balaban J connectivity index is 2.31. The van der Waals surface area contributed by atoms with Crippen LogP contribution in [-0.2, 0) is 6.54 Å². The van der Waals surface area contributed by atoms with E-state index in [9.17, 15) is 4.39 Å². The van der Waals surface area contributed by atoms with Crippen LogP contribution in [0.1, 0.15) is 19.4 Å². The molecular weight excluding hydrogens is 331 g/mol. The zero-order chi connectivity index (χ0) is 15.2. The summed E-state index contributed by atoms with van der Waals surface area (Å²) in [5, 5.41) is 3.31. The first-order valence-corrected chi connectivity index (χ1v) is 7.97. The lowest BCUT2D eigenvalue weighted by molar-refractivity contribution is 0.625. The van der Waals surface area contributed by atoms with E-state index in [1.807, 2.05) is 30.0 Å². The minimum Gasteiger partial charge on any atom is -0.339 e. The lowest BCUT2D eigenvalue weighted by atomic mass is 10.1. The summed E-state index contributed by atoms with van der Waals surface area (Å²) in [5.74, 6) is -0.202. The zero-order valence-corrected chi connectivity index (χ0v) is 14.0. The van der Waals surface area contributed by atoms with Crippen molar-refractivity contribution in [3.8, 4) is 0 Å². The predicted molar refractivity (Wildman–Crippen MR) is 90.6 cm³/mol. The largest absolute Gasteiger partial charge is 0.339 e. The lowest BCUT2D eigenvalue weighted by Gasteiger charge is -2.24. The van der Waals surface area contributed by atoms with Gasteiger partial charge in [-0.2, -0.15) is 0 Å². The number of benzene rings is 2. The third-order valence-electron chi connectivity index (χ3n) is 3.37. The second-order valence-electron chi connectivity index (χ2n) is 4.75. The molecule has 0 aliphatic heterocycles. The second kappa shape index (κ2) is 7.57. The van der Waals surface area contributed by atoms with Gasteiger partial charge in [-0.15, -0.1) is 0 Å². The minimum atomic E-state index is -0.202. The monoisotopic (exact) mass is 350 g/mol. The summed E-state index contributed by atoms with van der Waals surface area (Å²) in [6.45, 7) is 6.57. The van der Waals surface area contributed by atoms with Crippen LogP contribution in [-0.4, -0.2) is 13.1 Å². The van der Waals surface area contributed by atoms with Crippen molar-refractivity contribution in [2.75, 3.05) is 18.0 Å². The molecule has 0 spiro atoms. The molecule has 2 aromatic rings. The van der Waals surface area contributed by atoms with Crippen molar-refractivity contribution in [2.24, 2.45) is 0 Å². The summed E-state index contributed by atoms with van der Waals surface area (Å²) in [5.41, 5.74) is 2.78. The molecule has 0 saturated carbocycles. The molecule has 0 fully saturated rings. The van der Waals surface area contributed by atoms with E-state index >= 15 is 0 Å². The van der Waals surface area contributed by atoms with Gasteiger partial charge in [-0.3, -0.25) is 0 Å². The summed E-state index contributed by atoms with van der Waals surface area (Å²) < 4.78 is 15.0. The molecule has 0 bridgehead atoms. The molecule has 0 aliphatic rings. The fourth-order valence-electron chi connectivity index (χ4n) is 2.27. The van der Waals surface area contributed by atoms with Gasteiger partial charge in [0.15, 0.2) is 0 Å². The Morgan fingerprint density at radius 1 is 1.14 bits per heavy atom. The molecule has 4 heteroatoms. The van der Waals surface area contributed by atoms with E-state index in [1.54, 1.807) is 12.1 Å². The molecule has 2 nitrogen and oxygen atoms in total. The van der Waals surface area contributed by atoms with Crippen molar-refractivity contribution in [3.05, 3.63) is 58.3 Å². The molecule has 0 saturated heterocycles. The predicted octanol–water partition coefficient (Wildman–Crippen LogP) is 4.86. The van der Waals surface area contributed by atoms with E-state index in [2.05, 4.69) is 34.2 Å². The normalized spacial score (nSPS) is 10.7. The summed E-state index contributed by atoms with van der Waals surface area (Å²) in [6.07, 6.45) is 0. The third-order valence-corrected chi connectivity index (χ3v) is 4.11. The van der Waals surface area contributed by atoms with Crippen molar-refractivity contribution >= 4 is 27.3 Å². The Hall–Kier alpha value is -1.39. The zero-order valence-electron chi connectivity index (χ0n) is 12.4. The number of hydrogen-bond acceptors (Lipinski definition) is 2. The van der Waals surface area contributed by atoms with Crippen molar-refractivity contribution in [2.45, 2.75) is 20.4 Å². The van der Waals surface area contributed by atoms with Crippen molar-refractivity contribution in [1.29, 1.82) is 0 Å². The van der Waals surface area contributed by atoms with Crippen LogP contribution in [0.3, 0.4) is 0 Å². The highest BCUT2D eigenvalue weighted by Gasteiger charge is 2.12. The van der Waals surface area contributed by atoms with Gasteiger partial charge < -0.3 is 10.2 Å². The first kappa shape index (κ1) is 16.0. The average molecular weight is 351 g/mol. The average Bonchev–Trinajstić information content (AvgIpc) is 2.49. The highest BCUT2D eigenvalue weighted by atomic mass is 79.9. The number of para-hydroxylation sites is 1. The molecular formula is C17H20BrFN2. The summed E-state index contributed by atoms with van der Waals surface area (Å²) in [7, 11) is 0. The number of hydrogen-bond donors (Lipinski definition) is 1. The van der Waals surface area contributed by atoms with Gasteiger partial charge in [-0.05, 0) is 43.3 Å². The van der Waals surface area contributed by atoms with Crippen molar-refractivity contribution in [3.63, 3.8) is 0 Å². The van der Waals surface area contributed by atoms with Gasteiger partial charge in [0.25, 0.3) is 0 Å². The van der Waals surface area contributed by atoms with Crippen LogP contribution in [0.25, 0.3) is 0 Å². The standard InChI is InChI=1S/C17H20BrFN2/c1-3-20-12-13-9-10-14(11-15(13)18)21(4-2)17-8-6-5-7-16(17)19/h5-11,20H,3-4,12H2,1-2H3. The highest BCUT2D eigenvalue weighted by Crippen LogP contribution is 2.30. The van der Waals surface area contributed by atoms with Gasteiger partial charge in [-0.1, -0.05) is 41.1 Å². The molecule has 0 aliphatic carbocycles. The molecule has 112 valence electrons. The minimum absolute atomic E-state index is 0.202. The fourth-order valence-corrected chi connectivity index (χ4v) is 2.78. The van der Waals surface area contributed by atoms with Crippen LogP contribution in [0.4, 0.5) is 15.8 Å². The van der Waals surface area contributed by atoms with E-state index in [1.165, 1.54) is 11.6 Å². The smallest absolute Gasteiger partial charge is 0.146 e. The van der Waals surface area contributed by atoms with Gasteiger partial charge >= 0.3 is 0 Å². The highest BCUT2D eigenvalue weighted by molar-refractivity contribution is 9.10. The lowest BCUT2D eigenvalue weighted by Crippen LogP contribution is -2.18. The van der Waals surface area contributed by atoms with Crippen LogP contribution < -0.4 is 10.2 Å². The Bertz CT molecular complexity index is 601. The van der Waals surface area contributed by atoms with Crippen LogP contribution >= 0.6 is 15.9 Å². The Labute approximate surface area is 134 Å². The number of nitrogens with one attached hydrogen (secondary N) is 1. The fraction of sp³-hybridized carbons (Fsp3) is 0.294. The van der Waals surface area contributed by atoms with Gasteiger partial charge in [0, 0.05) is 23.2 Å². The third kappa shape index (κ3) is 3.83. The van der Waals surface area contributed by atoms with Crippen LogP contribution in [0.2, 0.25) is 0 Å². The number of anilines is 2. The SMILES string of the molecule is CCNCc1ccc(N(CC)c2ccccc2F)cc1Br. The molecule has 21 heavy (non-hydrogen) atoms. The summed E-state index contributed by atoms with van der Waals surface area (Å²) in [4.78, 5) is 1.97. The topological polar surface area (TPSA) is 15.3 Å². The maximum Gasteiger partial charge on any atom is 0.146 e. The first-order chi connectivity index (χ1) is 10.2. The maximum absolute atomic E-state index is 14.0. The van der Waals surface area contributed by atoms with Crippen LogP contribution in [0, 0.1) is 5.82 Å². The van der Waals surface area contributed by atoms with Crippen molar-refractivity contribution in [1.82, 2.24) is 5.32 Å². The van der Waals surface area contributed by atoms with E-state index < -0.39 is 0 Å². The van der Waals surface area contributed by atoms with E-state index in [4.69, 9.17) is 0 Å². The number of rotatable bonds is 6. The number of nitrogens with zero attached hydrogens (tertiary/aromatic N) is 1. The first-order valence-electron chi connectivity index (χ1n) is 7.18. The van der Waals surface area contributed by atoms with Gasteiger partial charge in [-0.25, -0.2) is 4.39 Å². The Kier molecular flexibility index (Phi) is 5.76. The number of halogens is 2. The second-order valence-corrected chi connectivity index (χ2v) is 5.61. The van der Waals surface area contributed by atoms with Crippen molar-refractivity contribution < 1.29 is 4.39 Å². The van der Waals surface area contributed by atoms with Crippen LogP contribution in [0.5, 0.6) is 0 Å². The summed E-state index contributed by atoms with van der Waals surface area (Å²) >= 11 is 3.61. The maximum atomic E-state index is 14.0. The summed E-state index contributed by atoms with van der Waals surface area (Å²) in [6, 6.07) is 13.0. The molecule has 0 radical (unpaired) electrons. The van der Waals surface area contributed by atoms with E-state index in [-0.39, 0.29) is 5.82 Å². The molecule has 0 amide bonds. The van der Waals surface area contributed by atoms with E-state index in [0.717, 1.165) is 23.2 Å². The molecule has 0 atom stereocenters. The molecule has 2 rings (SSSR count).